The molecule has 0 atom stereocenters. The number of nitrogens with one attached hydrogen (secondary N) is 1. The number of benzene rings is 1. The Morgan fingerprint density at radius 1 is 1.53 bits per heavy atom. The average Bonchev–Trinajstić information content (AvgIpc) is 2.69. The van der Waals surface area contributed by atoms with Crippen LogP contribution in [0.5, 0.6) is 5.75 Å². The first-order valence-electron chi connectivity index (χ1n) is 4.88. The second-order valence-electron chi connectivity index (χ2n) is 3.59. The van der Waals surface area contributed by atoms with Crippen LogP contribution in [0, 0.1) is 12.7 Å². The first kappa shape index (κ1) is 11.7. The molecule has 0 spiro atoms. The van der Waals surface area contributed by atoms with E-state index >= 15 is 0 Å². The van der Waals surface area contributed by atoms with Crippen LogP contribution in [0.1, 0.15) is 5.56 Å². The number of hydrogen-bond donors (Lipinski definition) is 2. The van der Waals surface area contributed by atoms with Crippen molar-refractivity contribution in [3.05, 3.63) is 28.7 Å². The van der Waals surface area contributed by atoms with Gasteiger partial charge in [0.25, 0.3) is 0 Å². The van der Waals surface area contributed by atoms with Crippen molar-refractivity contribution in [2.75, 3.05) is 12.8 Å². The zero-order valence-electron chi connectivity index (χ0n) is 9.34. The highest BCUT2D eigenvalue weighted by molar-refractivity contribution is 6.31. The van der Waals surface area contributed by atoms with Gasteiger partial charge in [0.2, 0.25) is 0 Å². The minimum atomic E-state index is -0.567. The van der Waals surface area contributed by atoms with Crippen molar-refractivity contribution in [3.63, 3.8) is 0 Å². The number of aromatic nitrogens is 2. The SMILES string of the molecule is COc1c(C)cc(Cl)c(F)c1-c1cn[nH]c1N. The van der Waals surface area contributed by atoms with Crippen molar-refractivity contribution in [1.82, 2.24) is 10.2 Å². The van der Waals surface area contributed by atoms with Crippen LogP contribution >= 0.6 is 11.6 Å². The Kier molecular flexibility index (Phi) is 2.93. The number of H-pyrrole nitrogens is 1. The summed E-state index contributed by atoms with van der Waals surface area (Å²) in [5.74, 6) is 0.103. The number of hydrogen-bond acceptors (Lipinski definition) is 3. The van der Waals surface area contributed by atoms with Crippen LogP contribution in [0.2, 0.25) is 5.02 Å². The Bertz CT molecular complexity index is 568. The number of aromatic amines is 1. The topological polar surface area (TPSA) is 63.9 Å². The fourth-order valence-electron chi connectivity index (χ4n) is 1.73. The van der Waals surface area contributed by atoms with E-state index in [2.05, 4.69) is 10.2 Å². The Morgan fingerprint density at radius 2 is 2.24 bits per heavy atom. The zero-order chi connectivity index (χ0) is 12.6. The van der Waals surface area contributed by atoms with Crippen LogP contribution in [0.3, 0.4) is 0 Å². The van der Waals surface area contributed by atoms with Crippen molar-refractivity contribution in [1.29, 1.82) is 0 Å². The quantitative estimate of drug-likeness (QED) is 0.867. The number of rotatable bonds is 2. The van der Waals surface area contributed by atoms with E-state index in [4.69, 9.17) is 22.1 Å². The van der Waals surface area contributed by atoms with E-state index in [-0.39, 0.29) is 16.4 Å². The van der Waals surface area contributed by atoms with E-state index in [1.807, 2.05) is 0 Å². The highest BCUT2D eigenvalue weighted by Crippen LogP contribution is 2.40. The largest absolute Gasteiger partial charge is 0.496 e. The van der Waals surface area contributed by atoms with Gasteiger partial charge in [0.1, 0.15) is 11.6 Å². The average molecular weight is 256 g/mol. The van der Waals surface area contributed by atoms with Crippen LogP contribution in [0.15, 0.2) is 12.3 Å². The molecule has 2 rings (SSSR count). The minimum Gasteiger partial charge on any atom is -0.496 e. The third-order valence-electron chi connectivity index (χ3n) is 2.50. The number of nitrogen functional groups attached to an aromatic ring is 1. The van der Waals surface area contributed by atoms with Gasteiger partial charge in [-0.25, -0.2) is 4.39 Å². The van der Waals surface area contributed by atoms with E-state index in [1.165, 1.54) is 19.4 Å². The molecule has 1 heterocycles. The van der Waals surface area contributed by atoms with Crippen LogP contribution in [0.4, 0.5) is 10.2 Å². The van der Waals surface area contributed by atoms with Crippen molar-refractivity contribution in [2.24, 2.45) is 0 Å². The Hall–Kier alpha value is -1.75. The van der Waals surface area contributed by atoms with Gasteiger partial charge in [0.05, 0.1) is 29.5 Å². The van der Waals surface area contributed by atoms with Gasteiger partial charge in [-0.3, -0.25) is 5.10 Å². The highest BCUT2D eigenvalue weighted by atomic mass is 35.5. The van der Waals surface area contributed by atoms with Crippen molar-refractivity contribution >= 4 is 17.4 Å². The second-order valence-corrected chi connectivity index (χ2v) is 4.00. The molecule has 17 heavy (non-hydrogen) atoms. The molecule has 1 aromatic carbocycles. The van der Waals surface area contributed by atoms with Crippen molar-refractivity contribution < 1.29 is 9.13 Å². The molecule has 0 bridgehead atoms. The van der Waals surface area contributed by atoms with E-state index in [1.54, 1.807) is 6.92 Å². The summed E-state index contributed by atoms with van der Waals surface area (Å²) >= 11 is 5.82. The third kappa shape index (κ3) is 1.82. The Labute approximate surface area is 103 Å². The summed E-state index contributed by atoms with van der Waals surface area (Å²) in [5.41, 5.74) is 7.07. The molecule has 1 aromatic heterocycles. The first-order chi connectivity index (χ1) is 8.06. The molecular weight excluding hydrogens is 245 g/mol. The van der Waals surface area contributed by atoms with E-state index in [0.717, 1.165) is 5.56 Å². The lowest BCUT2D eigenvalue weighted by atomic mass is 10.0. The van der Waals surface area contributed by atoms with Gasteiger partial charge >= 0.3 is 0 Å². The van der Waals surface area contributed by atoms with E-state index in [9.17, 15) is 4.39 Å². The number of nitrogens with zero attached hydrogens (tertiary/aromatic N) is 1. The maximum Gasteiger partial charge on any atom is 0.153 e. The fourth-order valence-corrected chi connectivity index (χ4v) is 1.99. The van der Waals surface area contributed by atoms with Crippen molar-refractivity contribution in [2.45, 2.75) is 6.92 Å². The zero-order valence-corrected chi connectivity index (χ0v) is 10.1. The number of halogens is 2. The van der Waals surface area contributed by atoms with Gasteiger partial charge in [-0.1, -0.05) is 11.6 Å². The summed E-state index contributed by atoms with van der Waals surface area (Å²) in [6, 6.07) is 1.51. The molecule has 0 aliphatic rings. The number of nitrogens with two attached hydrogens (primary N) is 1. The Balaban J connectivity index is 2.80. The van der Waals surface area contributed by atoms with Gasteiger partial charge in [-0.2, -0.15) is 5.10 Å². The molecule has 0 radical (unpaired) electrons. The van der Waals surface area contributed by atoms with Crippen LogP contribution in [0.25, 0.3) is 11.1 Å². The molecule has 0 saturated heterocycles. The molecule has 6 heteroatoms. The van der Waals surface area contributed by atoms with Crippen LogP contribution in [-0.4, -0.2) is 17.3 Å². The number of ether oxygens (including phenoxy) is 1. The molecule has 0 saturated carbocycles. The molecule has 2 aromatic rings. The van der Waals surface area contributed by atoms with Gasteiger partial charge in [0, 0.05) is 0 Å². The summed E-state index contributed by atoms with van der Waals surface area (Å²) in [6.07, 6.45) is 1.44. The molecule has 0 unspecified atom stereocenters. The Morgan fingerprint density at radius 3 is 2.76 bits per heavy atom. The molecule has 90 valence electrons. The molecular formula is C11H11ClFN3O. The molecule has 0 amide bonds. The fraction of sp³-hybridized carbons (Fsp3) is 0.182. The van der Waals surface area contributed by atoms with Crippen LogP contribution in [-0.2, 0) is 0 Å². The lowest BCUT2D eigenvalue weighted by Crippen LogP contribution is -1.97. The van der Waals surface area contributed by atoms with Crippen molar-refractivity contribution in [3.8, 4) is 16.9 Å². The lowest BCUT2D eigenvalue weighted by molar-refractivity contribution is 0.410. The predicted molar refractivity (Wildman–Crippen MR) is 64.7 cm³/mol. The van der Waals surface area contributed by atoms with E-state index < -0.39 is 5.82 Å². The molecule has 0 aliphatic heterocycles. The number of anilines is 1. The summed E-state index contributed by atoms with van der Waals surface area (Å²) in [6.45, 7) is 1.78. The third-order valence-corrected chi connectivity index (χ3v) is 2.77. The molecule has 0 aliphatic carbocycles. The second kappa shape index (κ2) is 4.25. The summed E-state index contributed by atoms with van der Waals surface area (Å²) in [4.78, 5) is 0. The van der Waals surface area contributed by atoms with E-state index in [0.29, 0.717) is 11.3 Å². The summed E-state index contributed by atoms with van der Waals surface area (Å²) < 4.78 is 19.3. The normalized spacial score (nSPS) is 10.6. The van der Waals surface area contributed by atoms with Gasteiger partial charge in [0.15, 0.2) is 5.82 Å². The van der Waals surface area contributed by atoms with Gasteiger partial charge in [-0.15, -0.1) is 0 Å². The maximum absolute atomic E-state index is 14.1. The van der Waals surface area contributed by atoms with Gasteiger partial charge in [-0.05, 0) is 18.6 Å². The van der Waals surface area contributed by atoms with Gasteiger partial charge < -0.3 is 10.5 Å². The summed E-state index contributed by atoms with van der Waals surface area (Å²) in [7, 11) is 1.47. The maximum atomic E-state index is 14.1. The minimum absolute atomic E-state index is 0.0268. The molecule has 3 N–H and O–H groups in total. The smallest absolute Gasteiger partial charge is 0.153 e. The lowest BCUT2D eigenvalue weighted by Gasteiger charge is -2.13. The van der Waals surface area contributed by atoms with Crippen LogP contribution < -0.4 is 10.5 Å². The number of aryl methyl sites for hydroxylation is 1. The highest BCUT2D eigenvalue weighted by Gasteiger charge is 2.20. The predicted octanol–water partition coefficient (Wildman–Crippen LogP) is 2.77. The number of methoxy groups -OCH3 is 1. The standard InChI is InChI=1S/C11H11ClFN3O/c1-5-3-7(12)9(13)8(10(5)17-2)6-4-15-16-11(6)14/h3-4H,1-2H3,(H3,14,15,16). The monoisotopic (exact) mass is 255 g/mol. The first-order valence-corrected chi connectivity index (χ1v) is 5.25. The molecule has 0 fully saturated rings. The summed E-state index contributed by atoms with van der Waals surface area (Å²) in [5, 5.41) is 6.33. The molecule has 4 nitrogen and oxygen atoms in total.